The molecule has 1 saturated heterocycles. The maximum absolute atomic E-state index is 12.7. The first-order valence-corrected chi connectivity index (χ1v) is 10.8. The normalized spacial score (nSPS) is 14.8. The van der Waals surface area contributed by atoms with E-state index in [1.807, 2.05) is 35.2 Å². The Morgan fingerprint density at radius 3 is 2.59 bits per heavy atom. The first-order chi connectivity index (χ1) is 14.2. The van der Waals surface area contributed by atoms with Gasteiger partial charge in [-0.25, -0.2) is 0 Å². The predicted molar refractivity (Wildman–Crippen MR) is 116 cm³/mol. The van der Waals surface area contributed by atoms with Gasteiger partial charge in [-0.2, -0.15) is 0 Å². The number of nitrogens with zero attached hydrogens (tertiary/aromatic N) is 2. The molecular formula is C23H35N3O3. The first-order valence-electron chi connectivity index (χ1n) is 10.8. The van der Waals surface area contributed by atoms with E-state index in [2.05, 4.69) is 17.1 Å². The quantitative estimate of drug-likeness (QED) is 0.432. The molecular weight excluding hydrogens is 366 g/mol. The molecule has 6 nitrogen and oxygen atoms in total. The third kappa shape index (κ3) is 9.72. The van der Waals surface area contributed by atoms with Gasteiger partial charge < -0.3 is 15.0 Å². The van der Waals surface area contributed by atoms with Gasteiger partial charge in [0.05, 0.1) is 19.8 Å². The highest BCUT2D eigenvalue weighted by Crippen LogP contribution is 2.04. The molecule has 1 heterocycles. The topological polar surface area (TPSA) is 61.9 Å². The van der Waals surface area contributed by atoms with Gasteiger partial charge in [0, 0.05) is 38.8 Å². The van der Waals surface area contributed by atoms with Crippen molar-refractivity contribution >= 4 is 17.9 Å². The van der Waals surface area contributed by atoms with Crippen LogP contribution >= 0.6 is 0 Å². The molecule has 2 amide bonds. The minimum absolute atomic E-state index is 0.0174. The number of ether oxygens (including phenoxy) is 1. The van der Waals surface area contributed by atoms with Crippen molar-refractivity contribution in [2.24, 2.45) is 0 Å². The SMILES string of the molecule is CCCCCCN(CCN1CCOCC1)C(=O)CNC(=O)/C=C/c1ccccc1. The second kappa shape index (κ2) is 13.9. The minimum atomic E-state index is -0.249. The molecule has 1 fully saturated rings. The summed E-state index contributed by atoms with van der Waals surface area (Å²) in [4.78, 5) is 29.0. The van der Waals surface area contributed by atoms with Crippen molar-refractivity contribution in [2.45, 2.75) is 32.6 Å². The lowest BCUT2D eigenvalue weighted by Gasteiger charge is -2.30. The highest BCUT2D eigenvalue weighted by atomic mass is 16.5. The van der Waals surface area contributed by atoms with E-state index in [-0.39, 0.29) is 18.4 Å². The molecule has 1 aliphatic heterocycles. The number of morpholine rings is 1. The molecule has 0 aliphatic carbocycles. The summed E-state index contributed by atoms with van der Waals surface area (Å²) in [6.45, 7) is 7.86. The summed E-state index contributed by atoms with van der Waals surface area (Å²) in [5, 5.41) is 2.72. The second-order valence-corrected chi connectivity index (χ2v) is 7.36. The van der Waals surface area contributed by atoms with Gasteiger partial charge in [0.15, 0.2) is 0 Å². The molecule has 160 valence electrons. The molecule has 0 radical (unpaired) electrons. The standard InChI is InChI=1S/C23H35N3O3/c1-2-3-4-8-13-26(15-14-25-16-18-29-19-17-25)23(28)20-24-22(27)12-11-21-9-6-5-7-10-21/h5-7,9-12H,2-4,8,13-20H2,1H3,(H,24,27)/b12-11+. The fourth-order valence-corrected chi connectivity index (χ4v) is 3.25. The number of benzene rings is 1. The van der Waals surface area contributed by atoms with Crippen LogP contribution in [-0.2, 0) is 14.3 Å². The van der Waals surface area contributed by atoms with Crippen molar-refractivity contribution in [1.29, 1.82) is 0 Å². The largest absolute Gasteiger partial charge is 0.379 e. The van der Waals surface area contributed by atoms with Gasteiger partial charge in [-0.05, 0) is 18.1 Å². The maximum atomic E-state index is 12.7. The lowest BCUT2D eigenvalue weighted by atomic mass is 10.2. The van der Waals surface area contributed by atoms with E-state index >= 15 is 0 Å². The summed E-state index contributed by atoms with van der Waals surface area (Å²) in [6.07, 6.45) is 7.72. The molecule has 1 aromatic carbocycles. The molecule has 0 spiro atoms. The van der Waals surface area contributed by atoms with Gasteiger partial charge in [0.2, 0.25) is 11.8 Å². The zero-order valence-electron chi connectivity index (χ0n) is 17.6. The van der Waals surface area contributed by atoms with E-state index in [0.29, 0.717) is 6.54 Å². The van der Waals surface area contributed by atoms with E-state index in [1.54, 1.807) is 6.08 Å². The molecule has 1 N–H and O–H groups in total. The van der Waals surface area contributed by atoms with Crippen LogP contribution in [0.3, 0.4) is 0 Å². The number of carbonyl (C=O) groups excluding carboxylic acids is 2. The summed E-state index contributed by atoms with van der Waals surface area (Å²) < 4.78 is 5.39. The Bertz CT molecular complexity index is 628. The smallest absolute Gasteiger partial charge is 0.244 e. The van der Waals surface area contributed by atoms with Gasteiger partial charge >= 0.3 is 0 Å². The first kappa shape index (κ1) is 23.1. The lowest BCUT2D eigenvalue weighted by Crippen LogP contribution is -2.46. The molecule has 6 heteroatoms. The van der Waals surface area contributed by atoms with Crippen molar-refractivity contribution in [3.8, 4) is 0 Å². The van der Waals surface area contributed by atoms with E-state index in [1.165, 1.54) is 18.9 Å². The van der Waals surface area contributed by atoms with Gasteiger partial charge in [0.1, 0.15) is 0 Å². The van der Waals surface area contributed by atoms with Crippen molar-refractivity contribution in [2.75, 3.05) is 52.5 Å². The molecule has 1 aromatic rings. The van der Waals surface area contributed by atoms with Crippen LogP contribution in [0.1, 0.15) is 38.2 Å². The highest BCUT2D eigenvalue weighted by molar-refractivity contribution is 5.94. The monoisotopic (exact) mass is 401 g/mol. The summed E-state index contributed by atoms with van der Waals surface area (Å²) in [5.41, 5.74) is 0.956. The van der Waals surface area contributed by atoms with Crippen molar-refractivity contribution < 1.29 is 14.3 Å². The average Bonchev–Trinajstić information content (AvgIpc) is 2.77. The van der Waals surface area contributed by atoms with Crippen LogP contribution in [-0.4, -0.2) is 74.1 Å². The van der Waals surface area contributed by atoms with E-state index < -0.39 is 0 Å². The third-order valence-corrected chi connectivity index (χ3v) is 5.06. The van der Waals surface area contributed by atoms with Crippen molar-refractivity contribution in [3.63, 3.8) is 0 Å². The number of unbranched alkanes of at least 4 members (excludes halogenated alkanes) is 3. The molecule has 0 atom stereocenters. The zero-order chi connectivity index (χ0) is 20.7. The summed E-state index contributed by atoms with van der Waals surface area (Å²) in [5.74, 6) is -0.266. The Kier molecular flexibility index (Phi) is 11.1. The third-order valence-electron chi connectivity index (χ3n) is 5.06. The predicted octanol–water partition coefficient (Wildman–Crippen LogP) is 2.56. The molecule has 0 unspecified atom stereocenters. The van der Waals surface area contributed by atoms with Crippen LogP contribution in [0.4, 0.5) is 0 Å². The van der Waals surface area contributed by atoms with Crippen LogP contribution in [0.25, 0.3) is 6.08 Å². The Hall–Kier alpha value is -2.18. The number of hydrogen-bond donors (Lipinski definition) is 1. The Morgan fingerprint density at radius 2 is 1.86 bits per heavy atom. The van der Waals surface area contributed by atoms with Gasteiger partial charge in [-0.1, -0.05) is 56.5 Å². The number of nitrogens with one attached hydrogen (secondary N) is 1. The van der Waals surface area contributed by atoms with Crippen LogP contribution < -0.4 is 5.32 Å². The zero-order valence-corrected chi connectivity index (χ0v) is 17.6. The van der Waals surface area contributed by atoms with Gasteiger partial charge in [0.25, 0.3) is 0 Å². The van der Waals surface area contributed by atoms with Crippen molar-refractivity contribution in [1.82, 2.24) is 15.1 Å². The molecule has 1 aliphatic rings. The van der Waals surface area contributed by atoms with Crippen LogP contribution in [0.5, 0.6) is 0 Å². The number of rotatable bonds is 12. The average molecular weight is 402 g/mol. The van der Waals surface area contributed by atoms with E-state index in [4.69, 9.17) is 4.74 Å². The van der Waals surface area contributed by atoms with E-state index in [0.717, 1.165) is 57.8 Å². The van der Waals surface area contributed by atoms with E-state index in [9.17, 15) is 9.59 Å². The van der Waals surface area contributed by atoms with Crippen molar-refractivity contribution in [3.05, 3.63) is 42.0 Å². The fourth-order valence-electron chi connectivity index (χ4n) is 3.25. The summed E-state index contributed by atoms with van der Waals surface area (Å²) in [6, 6.07) is 9.64. The van der Waals surface area contributed by atoms with Crippen LogP contribution in [0.2, 0.25) is 0 Å². The molecule has 0 saturated carbocycles. The number of amides is 2. The Labute approximate surface area is 174 Å². The molecule has 0 bridgehead atoms. The lowest BCUT2D eigenvalue weighted by molar-refractivity contribution is -0.132. The summed E-state index contributed by atoms with van der Waals surface area (Å²) >= 11 is 0. The maximum Gasteiger partial charge on any atom is 0.244 e. The Balaban J connectivity index is 1.79. The Morgan fingerprint density at radius 1 is 1.10 bits per heavy atom. The minimum Gasteiger partial charge on any atom is -0.379 e. The second-order valence-electron chi connectivity index (χ2n) is 7.36. The molecule has 29 heavy (non-hydrogen) atoms. The fraction of sp³-hybridized carbons (Fsp3) is 0.565. The van der Waals surface area contributed by atoms with Gasteiger partial charge in [-0.15, -0.1) is 0 Å². The number of hydrogen-bond acceptors (Lipinski definition) is 4. The molecule has 2 rings (SSSR count). The molecule has 0 aromatic heterocycles. The summed E-state index contributed by atoms with van der Waals surface area (Å²) in [7, 11) is 0. The van der Waals surface area contributed by atoms with Gasteiger partial charge in [-0.3, -0.25) is 14.5 Å². The van der Waals surface area contributed by atoms with Crippen LogP contribution in [0, 0.1) is 0 Å². The number of carbonyl (C=O) groups is 2. The van der Waals surface area contributed by atoms with Crippen LogP contribution in [0.15, 0.2) is 36.4 Å². The highest BCUT2D eigenvalue weighted by Gasteiger charge is 2.16.